The summed E-state index contributed by atoms with van der Waals surface area (Å²) in [6, 6.07) is 3.08. The Morgan fingerprint density at radius 3 is 2.78 bits per heavy atom. The molecular weight excluding hydrogens is 281 g/mol. The number of aliphatic hydroxyl groups is 1. The highest BCUT2D eigenvalue weighted by Gasteiger charge is 2.38. The Morgan fingerprint density at radius 2 is 2.17 bits per heavy atom. The molecule has 0 saturated carbocycles. The summed E-state index contributed by atoms with van der Waals surface area (Å²) in [6.45, 7) is 1.39. The second-order valence-corrected chi connectivity index (χ2v) is 5.14. The van der Waals surface area contributed by atoms with Gasteiger partial charge in [0.25, 0.3) is 0 Å². The zero-order valence-corrected chi connectivity index (χ0v) is 11.0. The van der Waals surface area contributed by atoms with E-state index in [-0.39, 0.29) is 17.3 Å². The van der Waals surface area contributed by atoms with Gasteiger partial charge >= 0.3 is 0 Å². The van der Waals surface area contributed by atoms with Crippen LogP contribution in [0.3, 0.4) is 0 Å². The van der Waals surface area contributed by atoms with Crippen molar-refractivity contribution in [2.45, 2.75) is 19.1 Å². The summed E-state index contributed by atoms with van der Waals surface area (Å²) in [5.74, 6) is -0.606. The van der Waals surface area contributed by atoms with E-state index in [1.807, 2.05) is 0 Å². The molecule has 0 saturated heterocycles. The van der Waals surface area contributed by atoms with Gasteiger partial charge in [-0.3, -0.25) is 10.1 Å². The van der Waals surface area contributed by atoms with Gasteiger partial charge in [-0.15, -0.1) is 0 Å². The number of hydrogen-bond donors (Lipinski definition) is 1. The quantitative estimate of drug-likeness (QED) is 0.672. The predicted octanol–water partition coefficient (Wildman–Crippen LogP) is 2.70. The van der Waals surface area contributed by atoms with Crippen LogP contribution in [0.25, 0.3) is 0 Å². The minimum absolute atomic E-state index is 0.247. The maximum atomic E-state index is 10.7. The van der Waals surface area contributed by atoms with Crippen molar-refractivity contribution in [2.24, 2.45) is 5.92 Å². The molecule has 1 aromatic carbocycles. The lowest BCUT2D eigenvalue weighted by Gasteiger charge is -2.33. The molecule has 1 unspecified atom stereocenters. The van der Waals surface area contributed by atoms with E-state index in [0.717, 1.165) is 0 Å². The molecule has 7 heteroatoms. The fraction of sp³-hybridized carbons (Fsp3) is 0.455. The fourth-order valence-electron chi connectivity index (χ4n) is 2.12. The first-order valence-electron chi connectivity index (χ1n) is 5.35. The summed E-state index contributed by atoms with van der Waals surface area (Å²) < 4.78 is 5.28. The zero-order chi connectivity index (χ0) is 13.4. The molecule has 1 heterocycles. The van der Waals surface area contributed by atoms with Gasteiger partial charge in [-0.1, -0.05) is 30.1 Å². The lowest BCUT2D eigenvalue weighted by Crippen LogP contribution is -2.37. The van der Waals surface area contributed by atoms with Crippen molar-refractivity contribution in [3.05, 3.63) is 37.9 Å². The van der Waals surface area contributed by atoms with Crippen LogP contribution in [0.5, 0.6) is 5.75 Å². The molecule has 98 valence electrons. The average Bonchev–Trinajstić information content (AvgIpc) is 2.26. The summed E-state index contributed by atoms with van der Waals surface area (Å²) in [6.07, 6.45) is -1.11. The standard InChI is InChI=1S/C11H11Cl2NO4/c1-5-8(4-14(16)17)7-2-6(12)3-9(13)10(7)18-11(5)15/h2-3,5,8,11,15H,4H2,1H3/t5-,8+,11?/m0/s1. The molecule has 1 aliphatic rings. The van der Waals surface area contributed by atoms with Crippen molar-refractivity contribution >= 4 is 23.2 Å². The largest absolute Gasteiger partial charge is 0.463 e. The second kappa shape index (κ2) is 4.91. The van der Waals surface area contributed by atoms with Crippen LogP contribution in [0, 0.1) is 16.0 Å². The molecule has 0 bridgehead atoms. The van der Waals surface area contributed by atoms with Crippen molar-refractivity contribution in [1.29, 1.82) is 0 Å². The molecule has 2 rings (SSSR count). The first kappa shape index (κ1) is 13.4. The fourth-order valence-corrected chi connectivity index (χ4v) is 2.67. The Kier molecular flexibility index (Phi) is 3.66. The van der Waals surface area contributed by atoms with Crippen LogP contribution in [-0.4, -0.2) is 22.9 Å². The van der Waals surface area contributed by atoms with Crippen LogP contribution in [0.4, 0.5) is 0 Å². The Morgan fingerprint density at radius 1 is 1.50 bits per heavy atom. The number of nitrogens with zero attached hydrogens (tertiary/aromatic N) is 1. The maximum Gasteiger partial charge on any atom is 0.211 e. The van der Waals surface area contributed by atoms with E-state index in [1.165, 1.54) is 6.07 Å². The molecule has 0 aliphatic carbocycles. The van der Waals surface area contributed by atoms with Crippen LogP contribution in [0.15, 0.2) is 12.1 Å². The molecule has 5 nitrogen and oxygen atoms in total. The number of aliphatic hydroxyl groups excluding tert-OH is 1. The second-order valence-electron chi connectivity index (χ2n) is 4.30. The maximum absolute atomic E-state index is 10.7. The molecule has 1 aliphatic heterocycles. The summed E-state index contributed by atoms with van der Waals surface area (Å²) in [5.41, 5.74) is 0.571. The van der Waals surface area contributed by atoms with Crippen LogP contribution in [0.1, 0.15) is 18.4 Å². The van der Waals surface area contributed by atoms with Gasteiger partial charge in [-0.25, -0.2) is 0 Å². The lowest BCUT2D eigenvalue weighted by molar-refractivity contribution is -0.486. The van der Waals surface area contributed by atoms with Gasteiger partial charge < -0.3 is 9.84 Å². The van der Waals surface area contributed by atoms with Crippen molar-refractivity contribution in [3.63, 3.8) is 0 Å². The van der Waals surface area contributed by atoms with Gasteiger partial charge in [0.05, 0.1) is 10.9 Å². The normalized spacial score (nSPS) is 26.3. The van der Waals surface area contributed by atoms with E-state index < -0.39 is 23.0 Å². The van der Waals surface area contributed by atoms with Crippen molar-refractivity contribution in [2.75, 3.05) is 6.54 Å². The van der Waals surface area contributed by atoms with E-state index in [0.29, 0.717) is 10.6 Å². The molecule has 3 atom stereocenters. The highest BCUT2D eigenvalue weighted by atomic mass is 35.5. The van der Waals surface area contributed by atoms with E-state index >= 15 is 0 Å². The zero-order valence-electron chi connectivity index (χ0n) is 9.47. The smallest absolute Gasteiger partial charge is 0.211 e. The number of halogens is 2. The summed E-state index contributed by atoms with van der Waals surface area (Å²) in [7, 11) is 0. The van der Waals surface area contributed by atoms with Crippen molar-refractivity contribution in [3.8, 4) is 5.75 Å². The first-order chi connectivity index (χ1) is 8.40. The molecule has 1 aromatic rings. The van der Waals surface area contributed by atoms with Crippen LogP contribution in [0.2, 0.25) is 10.0 Å². The Labute approximate surface area is 113 Å². The molecular formula is C11H11Cl2NO4. The molecule has 0 fully saturated rings. The van der Waals surface area contributed by atoms with Gasteiger partial charge in [0.2, 0.25) is 12.8 Å². The van der Waals surface area contributed by atoms with E-state index in [4.69, 9.17) is 27.9 Å². The predicted molar refractivity (Wildman–Crippen MR) is 66.9 cm³/mol. The highest BCUT2D eigenvalue weighted by Crippen LogP contribution is 2.44. The van der Waals surface area contributed by atoms with Crippen LogP contribution < -0.4 is 4.74 Å². The number of benzene rings is 1. The topological polar surface area (TPSA) is 72.6 Å². The number of rotatable bonds is 2. The number of hydrogen-bond acceptors (Lipinski definition) is 4. The number of fused-ring (bicyclic) bond motifs is 1. The van der Waals surface area contributed by atoms with Gasteiger partial charge in [0.15, 0.2) is 0 Å². The van der Waals surface area contributed by atoms with Crippen molar-refractivity contribution in [1.82, 2.24) is 0 Å². The van der Waals surface area contributed by atoms with Crippen LogP contribution >= 0.6 is 23.2 Å². The third kappa shape index (κ3) is 2.39. The first-order valence-corrected chi connectivity index (χ1v) is 6.11. The van der Waals surface area contributed by atoms with Crippen LogP contribution in [-0.2, 0) is 0 Å². The van der Waals surface area contributed by atoms with Gasteiger partial charge in [0.1, 0.15) is 5.75 Å². The average molecular weight is 292 g/mol. The summed E-state index contributed by atoms with van der Waals surface area (Å²) in [4.78, 5) is 10.3. The molecule has 1 N–H and O–H groups in total. The van der Waals surface area contributed by atoms with E-state index in [1.54, 1.807) is 13.0 Å². The number of nitro groups is 1. The third-order valence-electron chi connectivity index (χ3n) is 3.11. The van der Waals surface area contributed by atoms with Gasteiger partial charge in [0, 0.05) is 21.4 Å². The highest BCUT2D eigenvalue weighted by molar-refractivity contribution is 6.35. The van der Waals surface area contributed by atoms with E-state index in [2.05, 4.69) is 0 Å². The number of ether oxygens (including phenoxy) is 1. The molecule has 0 aromatic heterocycles. The minimum atomic E-state index is -1.11. The van der Waals surface area contributed by atoms with Gasteiger partial charge in [-0.05, 0) is 12.1 Å². The molecule has 0 radical (unpaired) electrons. The Balaban J connectivity index is 2.51. The third-order valence-corrected chi connectivity index (χ3v) is 3.60. The van der Waals surface area contributed by atoms with Gasteiger partial charge in [-0.2, -0.15) is 0 Å². The minimum Gasteiger partial charge on any atom is -0.463 e. The Hall–Kier alpha value is -1.04. The lowest BCUT2D eigenvalue weighted by atomic mass is 9.84. The SMILES string of the molecule is C[C@@H]1C(O)Oc2c(Cl)cc(Cl)cc2[C@@H]1C[N+](=O)[O-]. The monoisotopic (exact) mass is 291 g/mol. The molecule has 0 amide bonds. The Bertz CT molecular complexity index is 494. The molecule has 0 spiro atoms. The molecule has 18 heavy (non-hydrogen) atoms. The van der Waals surface area contributed by atoms with Crippen molar-refractivity contribution < 1.29 is 14.8 Å². The summed E-state index contributed by atoms with van der Waals surface area (Å²) >= 11 is 11.9. The summed E-state index contributed by atoms with van der Waals surface area (Å²) in [5, 5.41) is 21.1. The van der Waals surface area contributed by atoms with E-state index in [9.17, 15) is 15.2 Å².